The highest BCUT2D eigenvalue weighted by Gasteiger charge is 2.08. The molecule has 0 aliphatic heterocycles. The van der Waals surface area contributed by atoms with Crippen LogP contribution in [0.5, 0.6) is 0 Å². The van der Waals surface area contributed by atoms with Crippen LogP contribution in [0.25, 0.3) is 0 Å². The third-order valence-electron chi connectivity index (χ3n) is 3.07. The normalized spacial score (nSPS) is 10.3. The number of ether oxygens (including phenoxy) is 2. The van der Waals surface area contributed by atoms with Gasteiger partial charge in [-0.2, -0.15) is 5.11 Å². The van der Waals surface area contributed by atoms with Crippen LogP contribution in [0.1, 0.15) is 6.92 Å². The van der Waals surface area contributed by atoms with E-state index in [1.807, 2.05) is 30.3 Å². The Balaban J connectivity index is 1.89. The van der Waals surface area contributed by atoms with Gasteiger partial charge in [-0.05, 0) is 31.2 Å². The van der Waals surface area contributed by atoms with Crippen molar-refractivity contribution in [1.29, 1.82) is 0 Å². The minimum absolute atomic E-state index is 0.0471. The van der Waals surface area contributed by atoms with Gasteiger partial charge >= 0.3 is 12.1 Å². The number of hydrogen-bond acceptors (Lipinski definition) is 6. The summed E-state index contributed by atoms with van der Waals surface area (Å²) in [5.41, 5.74) is 1.93. The number of anilines is 1. The third kappa shape index (κ3) is 6.20. The van der Waals surface area contributed by atoms with Crippen molar-refractivity contribution in [3.05, 3.63) is 66.7 Å². The zero-order chi connectivity index (χ0) is 18.8. The minimum atomic E-state index is -0.682. The summed E-state index contributed by atoms with van der Waals surface area (Å²) in [7, 11) is 0. The fourth-order valence-corrected chi connectivity index (χ4v) is 1.81. The van der Waals surface area contributed by atoms with Crippen LogP contribution in [0.3, 0.4) is 0 Å². The Hall–Kier alpha value is -3.48. The van der Waals surface area contributed by atoms with Crippen molar-refractivity contribution in [2.45, 2.75) is 6.92 Å². The van der Waals surface area contributed by atoms with Crippen LogP contribution in [0.4, 0.5) is 21.9 Å². The van der Waals surface area contributed by atoms with Gasteiger partial charge in [0, 0.05) is 5.57 Å². The summed E-state index contributed by atoms with van der Waals surface area (Å²) < 4.78 is 9.80. The smallest absolute Gasteiger partial charge is 0.411 e. The van der Waals surface area contributed by atoms with Crippen LogP contribution in [0.2, 0.25) is 0 Å². The topological polar surface area (TPSA) is 89.3 Å². The first-order valence-electron chi connectivity index (χ1n) is 7.88. The van der Waals surface area contributed by atoms with E-state index in [1.165, 1.54) is 6.92 Å². The molecule has 0 bridgehead atoms. The molecule has 0 aliphatic rings. The van der Waals surface area contributed by atoms with Crippen molar-refractivity contribution in [2.24, 2.45) is 10.2 Å². The maximum absolute atomic E-state index is 11.9. The molecule has 0 aliphatic carbocycles. The Morgan fingerprint density at radius 2 is 1.62 bits per heavy atom. The molecule has 0 fully saturated rings. The molecule has 7 heteroatoms. The van der Waals surface area contributed by atoms with Gasteiger partial charge < -0.3 is 9.47 Å². The second-order valence-electron chi connectivity index (χ2n) is 5.23. The van der Waals surface area contributed by atoms with Crippen LogP contribution in [0, 0.1) is 0 Å². The predicted molar refractivity (Wildman–Crippen MR) is 97.8 cm³/mol. The van der Waals surface area contributed by atoms with E-state index in [0.29, 0.717) is 17.1 Å². The van der Waals surface area contributed by atoms with Crippen molar-refractivity contribution in [3.63, 3.8) is 0 Å². The maximum Gasteiger partial charge on any atom is 0.411 e. The van der Waals surface area contributed by atoms with Gasteiger partial charge in [0.2, 0.25) is 0 Å². The molecule has 0 radical (unpaired) electrons. The number of carbonyl (C=O) groups is 2. The summed E-state index contributed by atoms with van der Waals surface area (Å²) in [6.45, 7) is 4.88. The fourth-order valence-electron chi connectivity index (χ4n) is 1.81. The van der Waals surface area contributed by atoms with Crippen LogP contribution in [0.15, 0.2) is 77.0 Å². The molecule has 2 aromatic carbocycles. The van der Waals surface area contributed by atoms with Crippen molar-refractivity contribution in [1.82, 2.24) is 0 Å². The van der Waals surface area contributed by atoms with Gasteiger partial charge in [0.05, 0.1) is 11.4 Å². The number of hydrogen-bond donors (Lipinski definition) is 1. The molecule has 1 amide bonds. The van der Waals surface area contributed by atoms with E-state index >= 15 is 0 Å². The SMILES string of the molecule is C=C(C)C(=O)OCCOC(=O)Nc1ccccc1N=Nc1ccccc1. The summed E-state index contributed by atoms with van der Waals surface area (Å²) >= 11 is 0. The Labute approximate surface area is 151 Å². The molecule has 0 heterocycles. The van der Waals surface area contributed by atoms with Gasteiger partial charge in [0.1, 0.15) is 18.9 Å². The van der Waals surface area contributed by atoms with Gasteiger partial charge in [-0.3, -0.25) is 5.32 Å². The van der Waals surface area contributed by atoms with Crippen LogP contribution in [-0.4, -0.2) is 25.3 Å². The van der Waals surface area contributed by atoms with Crippen LogP contribution < -0.4 is 5.32 Å². The molecule has 2 rings (SSSR count). The first-order valence-corrected chi connectivity index (χ1v) is 7.88. The number of esters is 1. The average molecular weight is 353 g/mol. The molecule has 26 heavy (non-hydrogen) atoms. The van der Waals surface area contributed by atoms with Gasteiger partial charge in [-0.15, -0.1) is 5.11 Å². The molecule has 1 N–H and O–H groups in total. The summed E-state index contributed by atoms with van der Waals surface area (Å²) in [5, 5.41) is 10.9. The summed E-state index contributed by atoms with van der Waals surface area (Å²) in [6, 6.07) is 16.2. The number of para-hydroxylation sites is 1. The van der Waals surface area contributed by atoms with E-state index in [4.69, 9.17) is 9.47 Å². The lowest BCUT2D eigenvalue weighted by Gasteiger charge is -2.09. The molecular formula is C19H19N3O4. The Morgan fingerprint density at radius 3 is 2.35 bits per heavy atom. The molecule has 134 valence electrons. The predicted octanol–water partition coefficient (Wildman–Crippen LogP) is 4.77. The molecule has 0 saturated heterocycles. The van der Waals surface area contributed by atoms with E-state index < -0.39 is 12.1 Å². The number of nitrogens with one attached hydrogen (secondary N) is 1. The lowest BCUT2D eigenvalue weighted by atomic mass is 10.3. The Morgan fingerprint density at radius 1 is 0.962 bits per heavy atom. The van der Waals surface area contributed by atoms with Gasteiger partial charge in [-0.25, -0.2) is 9.59 Å². The van der Waals surface area contributed by atoms with Crippen molar-refractivity contribution in [3.8, 4) is 0 Å². The van der Waals surface area contributed by atoms with Gasteiger partial charge in [0.15, 0.2) is 0 Å². The summed E-state index contributed by atoms with van der Waals surface area (Å²) in [5.74, 6) is -0.527. The molecular weight excluding hydrogens is 334 g/mol. The van der Waals surface area contributed by atoms with E-state index in [1.54, 1.807) is 24.3 Å². The number of carbonyl (C=O) groups excluding carboxylic acids is 2. The van der Waals surface area contributed by atoms with Crippen LogP contribution in [-0.2, 0) is 14.3 Å². The van der Waals surface area contributed by atoms with E-state index in [0.717, 1.165) is 0 Å². The molecule has 0 saturated carbocycles. The zero-order valence-electron chi connectivity index (χ0n) is 14.3. The summed E-state index contributed by atoms with van der Waals surface area (Å²) in [4.78, 5) is 23.1. The number of nitrogens with zero attached hydrogens (tertiary/aromatic N) is 2. The van der Waals surface area contributed by atoms with Crippen LogP contribution >= 0.6 is 0 Å². The fraction of sp³-hybridized carbons (Fsp3) is 0.158. The summed E-state index contributed by atoms with van der Waals surface area (Å²) in [6.07, 6.45) is -0.682. The monoisotopic (exact) mass is 353 g/mol. The lowest BCUT2D eigenvalue weighted by Crippen LogP contribution is -2.18. The average Bonchev–Trinajstić information content (AvgIpc) is 2.65. The molecule has 7 nitrogen and oxygen atoms in total. The zero-order valence-corrected chi connectivity index (χ0v) is 14.3. The molecule has 0 aromatic heterocycles. The molecule has 0 unspecified atom stereocenters. The van der Waals surface area contributed by atoms with Crippen molar-refractivity contribution >= 4 is 29.1 Å². The molecule has 0 atom stereocenters. The third-order valence-corrected chi connectivity index (χ3v) is 3.07. The van der Waals surface area contributed by atoms with E-state index in [9.17, 15) is 9.59 Å². The Bertz CT molecular complexity index is 803. The van der Waals surface area contributed by atoms with Crippen molar-refractivity contribution in [2.75, 3.05) is 18.5 Å². The minimum Gasteiger partial charge on any atom is -0.459 e. The van der Waals surface area contributed by atoms with E-state index in [2.05, 4.69) is 22.1 Å². The first-order chi connectivity index (χ1) is 12.6. The standard InChI is InChI=1S/C19H19N3O4/c1-14(2)18(23)25-12-13-26-19(24)20-16-10-6-7-11-17(16)22-21-15-8-4-3-5-9-15/h3-11H,1,12-13H2,2H3,(H,20,24). The molecule has 2 aromatic rings. The second-order valence-corrected chi connectivity index (χ2v) is 5.23. The molecule has 0 spiro atoms. The number of azo groups is 1. The van der Waals surface area contributed by atoms with E-state index in [-0.39, 0.29) is 18.8 Å². The lowest BCUT2D eigenvalue weighted by molar-refractivity contribution is -0.139. The highest BCUT2D eigenvalue weighted by molar-refractivity contribution is 5.88. The number of benzene rings is 2. The number of rotatable bonds is 7. The van der Waals surface area contributed by atoms with Crippen molar-refractivity contribution < 1.29 is 19.1 Å². The highest BCUT2D eigenvalue weighted by Crippen LogP contribution is 2.26. The second kappa shape index (κ2) is 9.73. The first kappa shape index (κ1) is 18.9. The Kier molecular flexibility index (Phi) is 7.05. The largest absolute Gasteiger partial charge is 0.459 e. The van der Waals surface area contributed by atoms with Gasteiger partial charge in [0.25, 0.3) is 0 Å². The number of amides is 1. The maximum atomic E-state index is 11.9. The quantitative estimate of drug-likeness (QED) is 0.336. The van der Waals surface area contributed by atoms with Gasteiger partial charge in [-0.1, -0.05) is 36.9 Å². The highest BCUT2D eigenvalue weighted by atomic mass is 16.6.